The van der Waals surface area contributed by atoms with E-state index in [2.05, 4.69) is 15.3 Å². The predicted octanol–water partition coefficient (Wildman–Crippen LogP) is 0.833. The van der Waals surface area contributed by atoms with E-state index in [4.69, 9.17) is 0 Å². The number of benzene rings is 1. The molecule has 1 aromatic carbocycles. The zero-order valence-corrected chi connectivity index (χ0v) is 13.9. The highest BCUT2D eigenvalue weighted by atomic mass is 19.1. The molecule has 1 fully saturated rings. The Kier molecular flexibility index (Phi) is 5.35. The Morgan fingerprint density at radius 1 is 1.12 bits per heavy atom. The number of hydrogen-bond acceptors (Lipinski definition) is 5. The number of carbonyl (C=O) groups is 2. The van der Waals surface area contributed by atoms with Crippen molar-refractivity contribution in [2.45, 2.75) is 0 Å². The van der Waals surface area contributed by atoms with Gasteiger partial charge in [0.2, 0.25) is 5.91 Å². The second-order valence-electron chi connectivity index (χ2n) is 5.74. The highest BCUT2D eigenvalue weighted by Crippen LogP contribution is 2.12. The van der Waals surface area contributed by atoms with Crippen molar-refractivity contribution in [3.8, 4) is 0 Å². The average molecular weight is 361 g/mol. The maximum Gasteiger partial charge on any atom is 0.254 e. The van der Waals surface area contributed by atoms with Crippen LogP contribution < -0.4 is 10.2 Å². The summed E-state index contributed by atoms with van der Waals surface area (Å²) in [7, 11) is 0. The molecule has 1 N–H and O–H groups in total. The number of piperazine rings is 1. The number of nitrogens with zero attached hydrogens (tertiary/aromatic N) is 4. The molecule has 26 heavy (non-hydrogen) atoms. The number of nitrogens with one attached hydrogen (secondary N) is 1. The lowest BCUT2D eigenvalue weighted by Gasteiger charge is -2.35. The number of hydrogen-bond donors (Lipinski definition) is 1. The van der Waals surface area contributed by atoms with Crippen LogP contribution in [0.5, 0.6) is 0 Å². The first-order valence-corrected chi connectivity index (χ1v) is 8.06. The van der Waals surface area contributed by atoms with E-state index in [1.165, 1.54) is 0 Å². The Labute approximate surface area is 148 Å². The first-order valence-electron chi connectivity index (χ1n) is 8.06. The summed E-state index contributed by atoms with van der Waals surface area (Å²) < 4.78 is 26.4. The number of amides is 2. The number of aromatic nitrogens is 2. The Balaban J connectivity index is 1.49. The third-order valence-corrected chi connectivity index (χ3v) is 4.08. The zero-order valence-electron chi connectivity index (χ0n) is 13.9. The van der Waals surface area contributed by atoms with Crippen molar-refractivity contribution >= 4 is 17.6 Å². The molecule has 2 aromatic rings. The van der Waals surface area contributed by atoms with Gasteiger partial charge in [-0.15, -0.1) is 0 Å². The van der Waals surface area contributed by atoms with Crippen LogP contribution in [-0.4, -0.2) is 59.4 Å². The van der Waals surface area contributed by atoms with Crippen molar-refractivity contribution in [2.75, 3.05) is 37.6 Å². The molecule has 136 valence electrons. The quantitative estimate of drug-likeness (QED) is 0.873. The molecule has 0 aliphatic carbocycles. The van der Waals surface area contributed by atoms with E-state index < -0.39 is 17.5 Å². The van der Waals surface area contributed by atoms with E-state index in [0.29, 0.717) is 32.2 Å². The van der Waals surface area contributed by atoms with Crippen LogP contribution in [0.2, 0.25) is 0 Å². The van der Waals surface area contributed by atoms with Gasteiger partial charge in [-0.1, -0.05) is 0 Å². The molecule has 7 nitrogen and oxygen atoms in total. The van der Waals surface area contributed by atoms with Crippen LogP contribution in [0.1, 0.15) is 10.4 Å². The summed E-state index contributed by atoms with van der Waals surface area (Å²) in [5.74, 6) is -2.00. The Morgan fingerprint density at radius 2 is 1.88 bits per heavy atom. The number of halogens is 2. The highest BCUT2D eigenvalue weighted by Gasteiger charge is 2.22. The number of anilines is 1. The van der Waals surface area contributed by atoms with E-state index in [1.807, 2.05) is 4.90 Å². The molecule has 1 saturated heterocycles. The lowest BCUT2D eigenvalue weighted by Crippen LogP contribution is -2.51. The standard InChI is InChI=1S/C17H17F2N5O2/c18-12-1-2-13(14(19)9-12)17(26)22-11-16(25)24-7-5-23(6-8-24)15-10-20-3-4-21-15/h1-4,9-10H,5-8,11H2,(H,22,26). The fourth-order valence-electron chi connectivity index (χ4n) is 2.68. The van der Waals surface area contributed by atoms with E-state index in [9.17, 15) is 18.4 Å². The van der Waals surface area contributed by atoms with Gasteiger partial charge in [0, 0.05) is 44.6 Å². The van der Waals surface area contributed by atoms with Crippen LogP contribution in [0.3, 0.4) is 0 Å². The normalized spacial score (nSPS) is 14.2. The largest absolute Gasteiger partial charge is 0.352 e. The molecule has 2 heterocycles. The molecule has 0 radical (unpaired) electrons. The molecular weight excluding hydrogens is 344 g/mol. The van der Waals surface area contributed by atoms with Gasteiger partial charge < -0.3 is 15.1 Å². The molecule has 0 spiro atoms. The van der Waals surface area contributed by atoms with Crippen molar-refractivity contribution in [3.05, 3.63) is 54.0 Å². The maximum absolute atomic E-state index is 13.6. The molecule has 0 bridgehead atoms. The molecule has 0 unspecified atom stereocenters. The van der Waals surface area contributed by atoms with E-state index >= 15 is 0 Å². The summed E-state index contributed by atoms with van der Waals surface area (Å²) in [6.07, 6.45) is 4.86. The Bertz CT molecular complexity index is 795. The molecule has 0 atom stereocenters. The lowest BCUT2D eigenvalue weighted by molar-refractivity contribution is -0.130. The monoisotopic (exact) mass is 361 g/mol. The Hall–Kier alpha value is -3.10. The summed E-state index contributed by atoms with van der Waals surface area (Å²) in [6.45, 7) is 1.92. The van der Waals surface area contributed by atoms with Gasteiger partial charge in [-0.25, -0.2) is 13.8 Å². The minimum Gasteiger partial charge on any atom is -0.352 e. The van der Waals surface area contributed by atoms with E-state index in [-0.39, 0.29) is 18.0 Å². The minimum absolute atomic E-state index is 0.249. The van der Waals surface area contributed by atoms with Gasteiger partial charge in [0.15, 0.2) is 0 Å². The van der Waals surface area contributed by atoms with Crippen molar-refractivity contribution < 1.29 is 18.4 Å². The highest BCUT2D eigenvalue weighted by molar-refractivity contribution is 5.96. The second-order valence-corrected chi connectivity index (χ2v) is 5.74. The van der Waals surface area contributed by atoms with Crippen LogP contribution in [0.4, 0.5) is 14.6 Å². The molecule has 1 aliphatic rings. The van der Waals surface area contributed by atoms with E-state index in [1.54, 1.807) is 23.5 Å². The summed E-state index contributed by atoms with van der Waals surface area (Å²) in [5, 5.41) is 2.37. The maximum atomic E-state index is 13.6. The molecule has 2 amide bonds. The zero-order chi connectivity index (χ0) is 18.5. The average Bonchev–Trinajstić information content (AvgIpc) is 2.66. The first kappa shape index (κ1) is 17.7. The van der Waals surface area contributed by atoms with Crippen LogP contribution in [0.25, 0.3) is 0 Å². The van der Waals surface area contributed by atoms with E-state index in [0.717, 1.165) is 18.0 Å². The lowest BCUT2D eigenvalue weighted by atomic mass is 10.2. The third kappa shape index (κ3) is 4.11. The molecule has 3 rings (SSSR count). The second kappa shape index (κ2) is 7.85. The van der Waals surface area contributed by atoms with Crippen LogP contribution in [0, 0.1) is 11.6 Å². The van der Waals surface area contributed by atoms with Crippen molar-refractivity contribution in [3.63, 3.8) is 0 Å². The van der Waals surface area contributed by atoms with Crippen LogP contribution in [-0.2, 0) is 4.79 Å². The molecular formula is C17H17F2N5O2. The third-order valence-electron chi connectivity index (χ3n) is 4.08. The van der Waals surface area contributed by atoms with Gasteiger partial charge in [0.05, 0.1) is 18.3 Å². The van der Waals surface area contributed by atoms with Gasteiger partial charge in [-0.2, -0.15) is 0 Å². The summed E-state index contributed by atoms with van der Waals surface area (Å²) in [5.41, 5.74) is -0.299. The van der Waals surface area contributed by atoms with Crippen LogP contribution in [0.15, 0.2) is 36.8 Å². The van der Waals surface area contributed by atoms with Gasteiger partial charge in [-0.05, 0) is 12.1 Å². The predicted molar refractivity (Wildman–Crippen MR) is 89.5 cm³/mol. The van der Waals surface area contributed by atoms with Gasteiger partial charge >= 0.3 is 0 Å². The summed E-state index contributed by atoms with van der Waals surface area (Å²) >= 11 is 0. The molecule has 1 aliphatic heterocycles. The SMILES string of the molecule is O=C(NCC(=O)N1CCN(c2cnccn2)CC1)c1ccc(F)cc1F. The van der Waals surface area contributed by atoms with Gasteiger partial charge in [0.25, 0.3) is 5.91 Å². The van der Waals surface area contributed by atoms with Crippen molar-refractivity contribution in [2.24, 2.45) is 0 Å². The Morgan fingerprint density at radius 3 is 2.54 bits per heavy atom. The first-order chi connectivity index (χ1) is 12.5. The van der Waals surface area contributed by atoms with Gasteiger partial charge in [0.1, 0.15) is 17.5 Å². The number of carbonyl (C=O) groups excluding carboxylic acids is 2. The van der Waals surface area contributed by atoms with Gasteiger partial charge in [-0.3, -0.25) is 14.6 Å². The summed E-state index contributed by atoms with van der Waals surface area (Å²) in [4.78, 5) is 36.0. The number of rotatable bonds is 4. The van der Waals surface area contributed by atoms with Crippen LogP contribution >= 0.6 is 0 Å². The van der Waals surface area contributed by atoms with Crippen molar-refractivity contribution in [1.82, 2.24) is 20.2 Å². The smallest absolute Gasteiger partial charge is 0.254 e. The van der Waals surface area contributed by atoms with Crippen molar-refractivity contribution in [1.29, 1.82) is 0 Å². The minimum atomic E-state index is -0.965. The summed E-state index contributed by atoms with van der Waals surface area (Å²) in [6, 6.07) is 2.66. The fourth-order valence-corrected chi connectivity index (χ4v) is 2.68. The molecule has 0 saturated carbocycles. The topological polar surface area (TPSA) is 78.4 Å². The molecule has 9 heteroatoms. The fraction of sp³-hybridized carbons (Fsp3) is 0.294. The molecule has 1 aromatic heterocycles.